The van der Waals surface area contributed by atoms with E-state index in [0.29, 0.717) is 5.82 Å². The Bertz CT molecular complexity index is 3500. The second-order valence-electron chi connectivity index (χ2n) is 14.6. The second-order valence-corrected chi connectivity index (χ2v) is 14.6. The van der Waals surface area contributed by atoms with E-state index in [4.69, 9.17) is 9.97 Å². The molecule has 0 fully saturated rings. The van der Waals surface area contributed by atoms with Crippen molar-refractivity contribution in [3.63, 3.8) is 0 Å². The minimum atomic E-state index is 0.683. The van der Waals surface area contributed by atoms with Gasteiger partial charge in [0.25, 0.3) is 0 Å². The molecule has 5 nitrogen and oxygen atoms in total. The smallest absolute Gasteiger partial charge is 0.162 e. The normalized spacial score (nSPS) is 11.9. The predicted molar refractivity (Wildman–Crippen MR) is 236 cm³/mol. The monoisotopic (exact) mass is 727 g/mol. The molecule has 0 atom stereocenters. The van der Waals surface area contributed by atoms with E-state index in [2.05, 4.69) is 214 Å². The van der Waals surface area contributed by atoms with Gasteiger partial charge in [-0.1, -0.05) is 115 Å². The Hall–Kier alpha value is -7.76. The molecule has 0 unspecified atom stereocenters. The Balaban J connectivity index is 1.16. The summed E-state index contributed by atoms with van der Waals surface area (Å²) in [5.74, 6) is 0.683. The molecule has 0 aliphatic carbocycles. The highest BCUT2D eigenvalue weighted by Gasteiger charge is 2.23. The molecular weight excluding hydrogens is 695 g/mol. The van der Waals surface area contributed by atoms with Crippen LogP contribution in [0.25, 0.3) is 105 Å². The first-order chi connectivity index (χ1) is 28.3. The fraction of sp³-hybridized carbons (Fsp3) is 0. The fourth-order valence-electron chi connectivity index (χ4n) is 8.97. The molecule has 5 heteroatoms. The molecule has 12 rings (SSSR count). The van der Waals surface area contributed by atoms with Crippen LogP contribution in [0, 0.1) is 0 Å². The minimum Gasteiger partial charge on any atom is -0.309 e. The van der Waals surface area contributed by atoms with Crippen molar-refractivity contribution in [3.8, 4) is 39.7 Å². The average molecular weight is 728 g/mol. The third-order valence-corrected chi connectivity index (χ3v) is 11.4. The first-order valence-electron chi connectivity index (χ1n) is 19.3. The molecule has 0 spiro atoms. The summed E-state index contributed by atoms with van der Waals surface area (Å²) in [5, 5.41) is 6.89. The third kappa shape index (κ3) is 4.76. The van der Waals surface area contributed by atoms with Gasteiger partial charge in [0.05, 0.1) is 38.7 Å². The molecule has 4 aromatic heterocycles. The zero-order chi connectivity index (χ0) is 37.5. The van der Waals surface area contributed by atoms with Crippen LogP contribution >= 0.6 is 0 Å². The van der Waals surface area contributed by atoms with Gasteiger partial charge in [0, 0.05) is 55.1 Å². The third-order valence-electron chi connectivity index (χ3n) is 11.4. The Kier molecular flexibility index (Phi) is 6.86. The predicted octanol–water partition coefficient (Wildman–Crippen LogP) is 13.1. The lowest BCUT2D eigenvalue weighted by Crippen LogP contribution is -1.99. The first kappa shape index (κ1) is 31.6. The van der Waals surface area contributed by atoms with Crippen LogP contribution in [0.3, 0.4) is 0 Å². The Morgan fingerprint density at radius 2 is 0.702 bits per heavy atom. The van der Waals surface area contributed by atoms with Gasteiger partial charge < -0.3 is 9.13 Å². The van der Waals surface area contributed by atoms with Gasteiger partial charge in [0.15, 0.2) is 5.82 Å². The van der Waals surface area contributed by atoms with Gasteiger partial charge in [0.1, 0.15) is 5.65 Å². The zero-order valence-corrected chi connectivity index (χ0v) is 30.8. The lowest BCUT2D eigenvalue weighted by Gasteiger charge is -2.12. The SMILES string of the molecule is c1ccc(-n2c3ccccc3c3cc(-c4nc(-c5ccc6c(c5)c5ccccc5n6-c5ccccc5)c5c6ccccc6n(-c6ccccc6)c5n4)ccc32)cc1. The van der Waals surface area contributed by atoms with Crippen LogP contribution in [-0.4, -0.2) is 23.7 Å². The van der Waals surface area contributed by atoms with Crippen LogP contribution in [0.15, 0.2) is 200 Å². The van der Waals surface area contributed by atoms with Crippen molar-refractivity contribution in [2.75, 3.05) is 0 Å². The summed E-state index contributed by atoms with van der Waals surface area (Å²) in [6.45, 7) is 0. The van der Waals surface area contributed by atoms with Gasteiger partial charge in [-0.2, -0.15) is 0 Å². The number of fused-ring (bicyclic) bond motifs is 9. The molecule has 0 amide bonds. The van der Waals surface area contributed by atoms with Crippen molar-refractivity contribution in [2.45, 2.75) is 0 Å². The summed E-state index contributed by atoms with van der Waals surface area (Å²) in [7, 11) is 0. The molecule has 0 bridgehead atoms. The maximum Gasteiger partial charge on any atom is 0.162 e. The van der Waals surface area contributed by atoms with E-state index in [0.717, 1.165) is 72.2 Å². The van der Waals surface area contributed by atoms with Crippen LogP contribution in [0.2, 0.25) is 0 Å². The lowest BCUT2D eigenvalue weighted by atomic mass is 10.0. The molecule has 0 aliphatic heterocycles. The molecule has 12 aromatic rings. The molecule has 0 aliphatic rings. The molecular formula is C52H33N5. The van der Waals surface area contributed by atoms with E-state index < -0.39 is 0 Å². The van der Waals surface area contributed by atoms with Gasteiger partial charge in [-0.05, 0) is 84.9 Å². The molecule has 266 valence electrons. The topological polar surface area (TPSA) is 40.6 Å². The highest BCUT2D eigenvalue weighted by Crippen LogP contribution is 2.42. The largest absolute Gasteiger partial charge is 0.309 e. The molecule has 8 aromatic carbocycles. The summed E-state index contributed by atoms with van der Waals surface area (Å²) in [4.78, 5) is 11.1. The van der Waals surface area contributed by atoms with E-state index in [-0.39, 0.29) is 0 Å². The first-order valence-corrected chi connectivity index (χ1v) is 19.3. The van der Waals surface area contributed by atoms with Crippen molar-refractivity contribution < 1.29 is 0 Å². The molecule has 0 saturated heterocycles. The van der Waals surface area contributed by atoms with Crippen molar-refractivity contribution in [3.05, 3.63) is 200 Å². The van der Waals surface area contributed by atoms with Gasteiger partial charge in [-0.3, -0.25) is 4.57 Å². The Morgan fingerprint density at radius 3 is 1.25 bits per heavy atom. The maximum atomic E-state index is 5.56. The highest BCUT2D eigenvalue weighted by atomic mass is 15.1. The minimum absolute atomic E-state index is 0.683. The van der Waals surface area contributed by atoms with E-state index in [1.807, 2.05) is 0 Å². The summed E-state index contributed by atoms with van der Waals surface area (Å²) in [5.41, 5.74) is 12.9. The lowest BCUT2D eigenvalue weighted by molar-refractivity contribution is 1.11. The average Bonchev–Trinajstić information content (AvgIpc) is 3.92. The van der Waals surface area contributed by atoms with Gasteiger partial charge >= 0.3 is 0 Å². The number of nitrogens with zero attached hydrogens (tertiary/aromatic N) is 5. The van der Waals surface area contributed by atoms with E-state index in [9.17, 15) is 0 Å². The van der Waals surface area contributed by atoms with Gasteiger partial charge in [0.2, 0.25) is 0 Å². The molecule has 57 heavy (non-hydrogen) atoms. The summed E-state index contributed by atoms with van der Waals surface area (Å²) < 4.78 is 7.00. The van der Waals surface area contributed by atoms with Crippen molar-refractivity contribution in [2.24, 2.45) is 0 Å². The number of aromatic nitrogens is 5. The van der Waals surface area contributed by atoms with Gasteiger partial charge in [-0.25, -0.2) is 9.97 Å². The van der Waals surface area contributed by atoms with Crippen LogP contribution < -0.4 is 0 Å². The summed E-state index contributed by atoms with van der Waals surface area (Å²) in [6.07, 6.45) is 0. The van der Waals surface area contributed by atoms with E-state index >= 15 is 0 Å². The number of hydrogen-bond donors (Lipinski definition) is 0. The van der Waals surface area contributed by atoms with Gasteiger partial charge in [-0.15, -0.1) is 0 Å². The fourth-order valence-corrected chi connectivity index (χ4v) is 8.97. The number of rotatable bonds is 5. The zero-order valence-electron chi connectivity index (χ0n) is 30.8. The van der Waals surface area contributed by atoms with Crippen molar-refractivity contribution >= 4 is 65.5 Å². The van der Waals surface area contributed by atoms with E-state index in [1.165, 1.54) is 27.2 Å². The van der Waals surface area contributed by atoms with Crippen LogP contribution in [0.5, 0.6) is 0 Å². The molecule has 0 N–H and O–H groups in total. The maximum absolute atomic E-state index is 5.56. The number of benzene rings is 8. The Labute approximate surface area is 328 Å². The van der Waals surface area contributed by atoms with Crippen molar-refractivity contribution in [1.82, 2.24) is 23.7 Å². The standard InChI is InChI=1S/C52H33N5/c1-4-16-36(17-5-1)55-44-25-13-10-22-39(44)42-32-34(28-30-47(42)55)50-49-41-24-12-15-27-46(41)57(38-20-8-3-9-21-38)52(49)54-51(53-50)35-29-31-48-43(33-35)40-23-11-14-26-45(40)56(48)37-18-6-2-7-19-37/h1-33H. The Morgan fingerprint density at radius 1 is 0.298 bits per heavy atom. The van der Waals surface area contributed by atoms with E-state index in [1.54, 1.807) is 0 Å². The molecule has 0 radical (unpaired) electrons. The summed E-state index contributed by atoms with van der Waals surface area (Å²) >= 11 is 0. The highest BCUT2D eigenvalue weighted by molar-refractivity contribution is 6.16. The van der Waals surface area contributed by atoms with Crippen LogP contribution in [0.1, 0.15) is 0 Å². The van der Waals surface area contributed by atoms with Crippen LogP contribution in [0.4, 0.5) is 0 Å². The van der Waals surface area contributed by atoms with Crippen molar-refractivity contribution in [1.29, 1.82) is 0 Å². The summed E-state index contributed by atoms with van der Waals surface area (Å²) in [6, 6.07) is 71.2. The second kappa shape index (κ2) is 12.4. The molecule has 0 saturated carbocycles. The molecule has 4 heterocycles. The number of para-hydroxylation sites is 6. The number of hydrogen-bond acceptors (Lipinski definition) is 2. The van der Waals surface area contributed by atoms with Crippen LogP contribution in [-0.2, 0) is 0 Å². The quantitative estimate of drug-likeness (QED) is 0.177.